The van der Waals surface area contributed by atoms with E-state index < -0.39 is 32.7 Å². The fraction of sp³-hybridized carbons (Fsp3) is 0.133. The largest absolute Gasteiger partial charge is 0.417 e. The van der Waals surface area contributed by atoms with E-state index in [0.29, 0.717) is 6.07 Å². The molecule has 0 aliphatic rings. The lowest BCUT2D eigenvalue weighted by molar-refractivity contribution is -0.137. The van der Waals surface area contributed by atoms with Crippen molar-refractivity contribution in [1.82, 2.24) is 0 Å². The van der Waals surface area contributed by atoms with Crippen LogP contribution in [0.2, 0.25) is 10.0 Å². The highest BCUT2D eigenvalue weighted by atomic mass is 35.5. The van der Waals surface area contributed by atoms with E-state index >= 15 is 0 Å². The molecular weight excluding hydrogens is 416 g/mol. The number of carbonyl (C=O) groups is 1. The minimum Gasteiger partial charge on any atom is -0.322 e. The van der Waals surface area contributed by atoms with Gasteiger partial charge in [0.15, 0.2) is 0 Å². The Balaban J connectivity index is 2.24. The van der Waals surface area contributed by atoms with Gasteiger partial charge in [-0.15, -0.1) is 0 Å². The average Bonchev–Trinajstić information content (AvgIpc) is 2.48. The molecule has 0 aliphatic heterocycles. The summed E-state index contributed by atoms with van der Waals surface area (Å²) in [7, 11) is -3.56. The maximum Gasteiger partial charge on any atom is 0.417 e. The highest BCUT2D eigenvalue weighted by molar-refractivity contribution is 7.92. The molecule has 0 radical (unpaired) electrons. The number of halogens is 5. The third-order valence-corrected chi connectivity index (χ3v) is 4.29. The number of rotatable bonds is 4. The molecule has 2 aromatic carbocycles. The fourth-order valence-electron chi connectivity index (χ4n) is 1.96. The van der Waals surface area contributed by atoms with Gasteiger partial charge in [-0.2, -0.15) is 13.2 Å². The monoisotopic (exact) mass is 426 g/mol. The van der Waals surface area contributed by atoms with E-state index in [1.54, 1.807) is 0 Å². The second kappa shape index (κ2) is 7.34. The first-order chi connectivity index (χ1) is 11.9. The summed E-state index contributed by atoms with van der Waals surface area (Å²) in [6.07, 6.45) is -3.73. The lowest BCUT2D eigenvalue weighted by atomic mass is 10.1. The summed E-state index contributed by atoms with van der Waals surface area (Å²) in [6, 6.07) is 6.67. The molecule has 0 saturated heterocycles. The summed E-state index contributed by atoms with van der Waals surface area (Å²) >= 11 is 11.4. The number of amides is 1. The number of nitrogens with one attached hydrogen (secondary N) is 2. The van der Waals surface area contributed by atoms with Crippen molar-refractivity contribution in [1.29, 1.82) is 0 Å². The summed E-state index contributed by atoms with van der Waals surface area (Å²) in [5.74, 6) is -0.728. The van der Waals surface area contributed by atoms with Gasteiger partial charge in [0.25, 0.3) is 5.91 Å². The number of anilines is 2. The zero-order valence-corrected chi connectivity index (χ0v) is 15.3. The number of alkyl halides is 3. The Morgan fingerprint density at radius 1 is 1.04 bits per heavy atom. The van der Waals surface area contributed by atoms with E-state index in [0.717, 1.165) is 12.3 Å². The highest BCUT2D eigenvalue weighted by Crippen LogP contribution is 2.36. The summed E-state index contributed by atoms with van der Waals surface area (Å²) in [6.45, 7) is 0. The lowest BCUT2D eigenvalue weighted by Gasteiger charge is -2.12. The predicted octanol–water partition coefficient (Wildman–Crippen LogP) is 4.64. The second-order valence-corrected chi connectivity index (χ2v) is 7.78. The Kier molecular flexibility index (Phi) is 5.74. The van der Waals surface area contributed by atoms with Gasteiger partial charge in [0, 0.05) is 11.3 Å². The molecule has 0 aromatic heterocycles. The van der Waals surface area contributed by atoms with E-state index in [9.17, 15) is 26.4 Å². The Morgan fingerprint density at radius 2 is 1.69 bits per heavy atom. The van der Waals surface area contributed by atoms with E-state index in [2.05, 4.69) is 10.0 Å². The standard InChI is InChI=1S/C15H11Cl2F3N2O3S/c1-26(24,25)22-13-5-2-8(6-12(13)17)14(23)21-9-3-4-11(16)10(7-9)15(18,19)20/h2-7,22H,1H3,(H,21,23). The van der Waals surface area contributed by atoms with Gasteiger partial charge >= 0.3 is 6.18 Å². The molecule has 0 atom stereocenters. The first-order valence-electron chi connectivity index (χ1n) is 6.82. The van der Waals surface area contributed by atoms with Crippen LogP contribution in [0.3, 0.4) is 0 Å². The molecule has 0 spiro atoms. The van der Waals surface area contributed by atoms with Gasteiger partial charge < -0.3 is 5.32 Å². The van der Waals surface area contributed by atoms with Gasteiger partial charge in [-0.25, -0.2) is 8.42 Å². The molecule has 0 fully saturated rings. The van der Waals surface area contributed by atoms with Gasteiger partial charge in [-0.1, -0.05) is 23.2 Å². The van der Waals surface area contributed by atoms with Crippen LogP contribution in [-0.4, -0.2) is 20.6 Å². The first kappa shape index (κ1) is 20.3. The lowest BCUT2D eigenvalue weighted by Crippen LogP contribution is -2.14. The van der Waals surface area contributed by atoms with Crippen LogP contribution in [-0.2, 0) is 16.2 Å². The quantitative estimate of drug-likeness (QED) is 0.747. The van der Waals surface area contributed by atoms with Crippen molar-refractivity contribution in [2.45, 2.75) is 6.18 Å². The maximum absolute atomic E-state index is 12.9. The van der Waals surface area contributed by atoms with Gasteiger partial charge in [-0.05, 0) is 36.4 Å². The fourth-order valence-corrected chi connectivity index (χ4v) is 3.05. The van der Waals surface area contributed by atoms with Crippen LogP contribution in [0.25, 0.3) is 0 Å². The van der Waals surface area contributed by atoms with Gasteiger partial charge in [-0.3, -0.25) is 9.52 Å². The molecule has 0 unspecified atom stereocenters. The molecule has 2 aromatic rings. The van der Waals surface area contributed by atoms with E-state index in [4.69, 9.17) is 23.2 Å². The van der Waals surface area contributed by atoms with E-state index in [1.165, 1.54) is 24.3 Å². The Morgan fingerprint density at radius 3 is 2.23 bits per heavy atom. The molecule has 140 valence electrons. The minimum atomic E-state index is -4.67. The van der Waals surface area contributed by atoms with Crippen LogP contribution in [0.4, 0.5) is 24.5 Å². The zero-order chi connectivity index (χ0) is 19.7. The molecule has 26 heavy (non-hydrogen) atoms. The first-order valence-corrected chi connectivity index (χ1v) is 9.47. The van der Waals surface area contributed by atoms with Crippen LogP contribution in [0.5, 0.6) is 0 Å². The van der Waals surface area contributed by atoms with Crippen LogP contribution in [0.1, 0.15) is 15.9 Å². The molecule has 0 saturated carbocycles. The minimum absolute atomic E-state index is 0.0255. The molecule has 11 heteroatoms. The topological polar surface area (TPSA) is 75.3 Å². The van der Waals surface area contributed by atoms with Crippen LogP contribution >= 0.6 is 23.2 Å². The van der Waals surface area contributed by atoms with E-state index in [-0.39, 0.29) is 22.0 Å². The molecular formula is C15H11Cl2F3N2O3S. The second-order valence-electron chi connectivity index (χ2n) is 5.22. The van der Waals surface area contributed by atoms with Crippen molar-refractivity contribution >= 4 is 50.5 Å². The molecule has 0 aliphatic carbocycles. The van der Waals surface area contributed by atoms with Crippen LogP contribution in [0, 0.1) is 0 Å². The van der Waals surface area contributed by atoms with Crippen molar-refractivity contribution in [3.63, 3.8) is 0 Å². The van der Waals surface area contributed by atoms with Crippen molar-refractivity contribution in [2.75, 3.05) is 16.3 Å². The van der Waals surface area contributed by atoms with Crippen molar-refractivity contribution < 1.29 is 26.4 Å². The number of hydrogen-bond donors (Lipinski definition) is 2. The summed E-state index contributed by atoms with van der Waals surface area (Å²) < 4.78 is 63.1. The van der Waals surface area contributed by atoms with Crippen molar-refractivity contribution in [2.24, 2.45) is 0 Å². The number of carbonyl (C=O) groups excluding carboxylic acids is 1. The van der Waals surface area contributed by atoms with Gasteiger partial charge in [0.1, 0.15) is 0 Å². The van der Waals surface area contributed by atoms with Crippen molar-refractivity contribution in [3.8, 4) is 0 Å². The third kappa shape index (κ3) is 5.26. The normalized spacial score (nSPS) is 11.9. The SMILES string of the molecule is CS(=O)(=O)Nc1ccc(C(=O)Nc2ccc(Cl)c(C(F)(F)F)c2)cc1Cl. The van der Waals surface area contributed by atoms with Crippen LogP contribution in [0.15, 0.2) is 36.4 Å². The number of sulfonamides is 1. The average molecular weight is 427 g/mol. The number of benzene rings is 2. The summed E-state index contributed by atoms with van der Waals surface area (Å²) in [5.41, 5.74) is -1.10. The van der Waals surface area contributed by atoms with Crippen molar-refractivity contribution in [3.05, 3.63) is 57.6 Å². The Labute approximate surface area is 157 Å². The number of hydrogen-bond acceptors (Lipinski definition) is 3. The molecule has 5 nitrogen and oxygen atoms in total. The molecule has 2 rings (SSSR count). The van der Waals surface area contributed by atoms with Gasteiger partial charge in [0.05, 0.1) is 27.6 Å². The smallest absolute Gasteiger partial charge is 0.322 e. The maximum atomic E-state index is 12.9. The summed E-state index contributed by atoms with van der Waals surface area (Å²) in [5, 5.41) is 1.76. The van der Waals surface area contributed by atoms with Gasteiger partial charge in [0.2, 0.25) is 10.0 Å². The molecule has 0 bridgehead atoms. The third-order valence-electron chi connectivity index (χ3n) is 3.06. The zero-order valence-electron chi connectivity index (χ0n) is 13.0. The Hall–Kier alpha value is -1.97. The Bertz CT molecular complexity index is 963. The predicted molar refractivity (Wildman–Crippen MR) is 94.3 cm³/mol. The molecule has 2 N–H and O–H groups in total. The molecule has 0 heterocycles. The highest BCUT2D eigenvalue weighted by Gasteiger charge is 2.33. The molecule has 1 amide bonds. The van der Waals surface area contributed by atoms with E-state index in [1.807, 2.05) is 0 Å². The van der Waals surface area contributed by atoms with Crippen LogP contribution < -0.4 is 10.0 Å². The summed E-state index contributed by atoms with van der Waals surface area (Å²) in [4.78, 5) is 12.2.